The molecule has 0 bridgehead atoms. The Morgan fingerprint density at radius 3 is 2.19 bits per heavy atom. The molecule has 1 heterocycles. The van der Waals surface area contributed by atoms with Crippen molar-refractivity contribution in [2.45, 2.75) is 71.6 Å². The van der Waals surface area contributed by atoms with E-state index < -0.39 is 0 Å². The van der Waals surface area contributed by atoms with E-state index in [1.807, 2.05) is 0 Å². The molecule has 3 nitrogen and oxygen atoms in total. The van der Waals surface area contributed by atoms with Crippen LogP contribution in [-0.4, -0.2) is 17.2 Å². The highest BCUT2D eigenvalue weighted by Crippen LogP contribution is 2.44. The van der Waals surface area contributed by atoms with Gasteiger partial charge < -0.3 is 4.74 Å². The molecule has 0 amide bonds. The van der Waals surface area contributed by atoms with Crippen LogP contribution in [0.4, 0.5) is 0 Å². The molecule has 2 rings (SSSR count). The average molecular weight is 290 g/mol. The topological polar surface area (TPSA) is 47.3 Å². The van der Waals surface area contributed by atoms with E-state index in [1.165, 1.54) is 16.7 Å². The quantitative estimate of drug-likeness (QED) is 0.661. The van der Waals surface area contributed by atoms with Gasteiger partial charge in [-0.25, -0.2) is 0 Å². The fourth-order valence-corrected chi connectivity index (χ4v) is 3.99. The van der Waals surface area contributed by atoms with Gasteiger partial charge in [0.15, 0.2) is 0 Å². The summed E-state index contributed by atoms with van der Waals surface area (Å²) in [5.41, 5.74) is 6.77. The number of benzene rings is 1. The summed E-state index contributed by atoms with van der Waals surface area (Å²) < 4.78 is 6.22. The van der Waals surface area contributed by atoms with Gasteiger partial charge in [-0.2, -0.15) is 0 Å². The predicted octanol–water partition coefficient (Wildman–Crippen LogP) is 3.27. The molecule has 0 spiro atoms. The van der Waals surface area contributed by atoms with Gasteiger partial charge in [-0.1, -0.05) is 29.3 Å². The maximum absolute atomic E-state index is 6.22. The molecular formula is C18H30N2O. The van der Waals surface area contributed by atoms with E-state index in [1.54, 1.807) is 0 Å². The fourth-order valence-electron chi connectivity index (χ4n) is 3.99. The maximum Gasteiger partial charge on any atom is 0.0678 e. The van der Waals surface area contributed by atoms with Gasteiger partial charge in [0.1, 0.15) is 0 Å². The Bertz CT molecular complexity index is 488. The van der Waals surface area contributed by atoms with Crippen LogP contribution in [0.2, 0.25) is 0 Å². The van der Waals surface area contributed by atoms with E-state index in [4.69, 9.17) is 10.6 Å². The number of hydrogen-bond donors (Lipinski definition) is 2. The molecule has 118 valence electrons. The minimum atomic E-state index is -0.153. The van der Waals surface area contributed by atoms with Gasteiger partial charge in [0.05, 0.1) is 11.2 Å². The first-order valence-electron chi connectivity index (χ1n) is 7.86. The lowest BCUT2D eigenvalue weighted by molar-refractivity contribution is -0.0776. The van der Waals surface area contributed by atoms with Crippen molar-refractivity contribution in [3.05, 3.63) is 34.9 Å². The second-order valence-electron chi connectivity index (χ2n) is 7.75. The van der Waals surface area contributed by atoms with Gasteiger partial charge in [-0.15, -0.1) is 0 Å². The minimum absolute atomic E-state index is 0.0776. The summed E-state index contributed by atoms with van der Waals surface area (Å²) in [6.45, 7) is 13.0. The first-order valence-corrected chi connectivity index (χ1v) is 7.86. The van der Waals surface area contributed by atoms with Gasteiger partial charge in [0.2, 0.25) is 0 Å². The molecule has 0 aliphatic carbocycles. The summed E-state index contributed by atoms with van der Waals surface area (Å²) in [5, 5.41) is 0. The van der Waals surface area contributed by atoms with Crippen LogP contribution in [0.5, 0.6) is 0 Å². The Morgan fingerprint density at radius 1 is 1.19 bits per heavy atom. The van der Waals surface area contributed by atoms with Crippen molar-refractivity contribution in [2.24, 2.45) is 11.8 Å². The van der Waals surface area contributed by atoms with Crippen molar-refractivity contribution in [3.63, 3.8) is 0 Å². The molecule has 21 heavy (non-hydrogen) atoms. The molecule has 2 unspecified atom stereocenters. The third-order valence-corrected chi connectivity index (χ3v) is 4.58. The Labute approximate surface area is 129 Å². The van der Waals surface area contributed by atoms with Crippen LogP contribution in [0, 0.1) is 19.8 Å². The lowest BCUT2D eigenvalue weighted by Gasteiger charge is -2.32. The number of hydrazine groups is 1. The lowest BCUT2D eigenvalue weighted by atomic mass is 9.79. The molecule has 3 N–H and O–H groups in total. The normalized spacial score (nSPS) is 25.0. The smallest absolute Gasteiger partial charge is 0.0678 e. The molecule has 0 saturated carbocycles. The van der Waals surface area contributed by atoms with Crippen LogP contribution in [-0.2, 0) is 11.2 Å². The first kappa shape index (κ1) is 16.5. The average Bonchev–Trinajstić information content (AvgIpc) is 2.53. The number of aryl methyl sites for hydroxylation is 2. The Balaban J connectivity index is 2.20. The lowest BCUT2D eigenvalue weighted by Crippen LogP contribution is -2.48. The van der Waals surface area contributed by atoms with Crippen LogP contribution in [0.3, 0.4) is 0 Å². The zero-order valence-corrected chi connectivity index (χ0v) is 14.3. The van der Waals surface area contributed by atoms with Crippen LogP contribution < -0.4 is 11.3 Å². The summed E-state index contributed by atoms with van der Waals surface area (Å²) in [5.74, 6) is 6.28. The molecule has 0 radical (unpaired) electrons. The Morgan fingerprint density at radius 2 is 1.76 bits per heavy atom. The fraction of sp³-hybridized carbons (Fsp3) is 0.667. The molecule has 1 aromatic rings. The van der Waals surface area contributed by atoms with Crippen molar-refractivity contribution in [1.82, 2.24) is 5.43 Å². The molecule has 1 aliphatic heterocycles. The number of nitrogens with one attached hydrogen (secondary N) is 1. The Kier molecular flexibility index (Phi) is 4.48. The second-order valence-corrected chi connectivity index (χ2v) is 7.75. The second kappa shape index (κ2) is 5.71. The molecule has 0 aromatic heterocycles. The van der Waals surface area contributed by atoms with Crippen molar-refractivity contribution in [3.8, 4) is 0 Å². The predicted molar refractivity (Wildman–Crippen MR) is 88.1 cm³/mol. The van der Waals surface area contributed by atoms with E-state index in [0.29, 0.717) is 5.92 Å². The van der Waals surface area contributed by atoms with E-state index in [2.05, 4.69) is 65.2 Å². The van der Waals surface area contributed by atoms with Crippen LogP contribution in [0.15, 0.2) is 18.2 Å². The summed E-state index contributed by atoms with van der Waals surface area (Å²) in [6.07, 6.45) is 1.96. The van der Waals surface area contributed by atoms with Crippen LogP contribution in [0.1, 0.15) is 50.8 Å². The summed E-state index contributed by atoms with van der Waals surface area (Å²) in [4.78, 5) is 0. The minimum Gasteiger partial charge on any atom is -0.369 e. The molecular weight excluding hydrogens is 260 g/mol. The van der Waals surface area contributed by atoms with Crippen molar-refractivity contribution in [2.75, 3.05) is 0 Å². The monoisotopic (exact) mass is 290 g/mol. The maximum atomic E-state index is 6.22. The highest BCUT2D eigenvalue weighted by atomic mass is 16.5. The largest absolute Gasteiger partial charge is 0.369 e. The highest BCUT2D eigenvalue weighted by Gasteiger charge is 2.48. The molecule has 1 saturated heterocycles. The first-order chi connectivity index (χ1) is 9.63. The summed E-state index contributed by atoms with van der Waals surface area (Å²) >= 11 is 0. The molecule has 1 aromatic carbocycles. The standard InChI is InChI=1S/C18H30N2O/c1-12-7-13(2)9-14(8-12)10-16(20-19)15-11-17(3,4)21-18(15,5)6/h7-9,15-16,20H,10-11,19H2,1-6H3. The van der Waals surface area contributed by atoms with Gasteiger partial charge in [0, 0.05) is 12.0 Å². The number of ether oxygens (including phenoxy) is 1. The summed E-state index contributed by atoms with van der Waals surface area (Å²) in [6, 6.07) is 6.94. The third-order valence-electron chi connectivity index (χ3n) is 4.58. The zero-order chi connectivity index (χ0) is 15.8. The SMILES string of the molecule is Cc1cc(C)cc(CC(NN)C2CC(C)(C)OC2(C)C)c1. The van der Waals surface area contributed by atoms with Crippen LogP contribution >= 0.6 is 0 Å². The van der Waals surface area contributed by atoms with Crippen molar-refractivity contribution >= 4 is 0 Å². The molecule has 2 atom stereocenters. The highest BCUT2D eigenvalue weighted by molar-refractivity contribution is 5.29. The number of rotatable bonds is 4. The van der Waals surface area contributed by atoms with Gasteiger partial charge in [-0.05, 0) is 59.9 Å². The van der Waals surface area contributed by atoms with E-state index in [-0.39, 0.29) is 17.2 Å². The van der Waals surface area contributed by atoms with E-state index >= 15 is 0 Å². The summed E-state index contributed by atoms with van der Waals surface area (Å²) in [7, 11) is 0. The van der Waals surface area contributed by atoms with Crippen LogP contribution in [0.25, 0.3) is 0 Å². The number of hydrogen-bond acceptors (Lipinski definition) is 3. The molecule has 1 fully saturated rings. The Hall–Kier alpha value is -0.900. The molecule has 1 aliphatic rings. The number of nitrogens with two attached hydrogens (primary N) is 1. The van der Waals surface area contributed by atoms with Crippen molar-refractivity contribution in [1.29, 1.82) is 0 Å². The third kappa shape index (κ3) is 3.85. The van der Waals surface area contributed by atoms with Gasteiger partial charge in [-0.3, -0.25) is 11.3 Å². The van der Waals surface area contributed by atoms with Gasteiger partial charge in [0.25, 0.3) is 0 Å². The molecule has 3 heteroatoms. The van der Waals surface area contributed by atoms with Gasteiger partial charge >= 0.3 is 0 Å². The van der Waals surface area contributed by atoms with E-state index in [9.17, 15) is 0 Å². The van der Waals surface area contributed by atoms with Crippen molar-refractivity contribution < 1.29 is 4.74 Å². The van der Waals surface area contributed by atoms with E-state index in [0.717, 1.165) is 12.8 Å². The zero-order valence-electron chi connectivity index (χ0n) is 14.3.